The highest BCUT2D eigenvalue weighted by Gasteiger charge is 2.46. The number of nitrogens with one attached hydrogen (secondary N) is 2. The average molecular weight is 276 g/mol. The Bertz CT molecular complexity index is 337. The molecule has 0 saturated carbocycles. The van der Waals surface area contributed by atoms with Crippen molar-refractivity contribution in [2.24, 2.45) is 0 Å². The first-order valence-electron chi connectivity index (χ1n) is 5.92. The first-order chi connectivity index (χ1) is 8.90. The van der Waals surface area contributed by atoms with Crippen molar-refractivity contribution in [1.82, 2.24) is 10.6 Å². The summed E-state index contributed by atoms with van der Waals surface area (Å²) < 4.78 is 10.4. The normalized spacial score (nSPS) is 34.7. The van der Waals surface area contributed by atoms with E-state index in [1.165, 1.54) is 21.0 Å². The van der Waals surface area contributed by atoms with Crippen molar-refractivity contribution in [2.75, 3.05) is 13.7 Å². The van der Waals surface area contributed by atoms with Crippen molar-refractivity contribution < 1.29 is 29.3 Å². The minimum absolute atomic E-state index is 0.347. The maximum absolute atomic E-state index is 11.2. The number of hydrogen-bond acceptors (Lipinski definition) is 6. The number of aliphatic hydroxyl groups is 2. The Balaban J connectivity index is 2.96. The van der Waals surface area contributed by atoms with Crippen LogP contribution >= 0.6 is 0 Å². The molecular formula is C11H20N2O6. The standard InChI is InChI=1S/C11H20N2O6/c1-5(15)12-8-9(13-6(2)16)11(18-3)19-7(4-14)10(8)17/h7-11,14,17H,4H2,1-3H3,(H,12,15)(H,13,16)/t7-,8-,9-,10-,11+/m1/s1. The number of aliphatic hydroxyl groups excluding tert-OH is 2. The van der Waals surface area contributed by atoms with Gasteiger partial charge in [-0.1, -0.05) is 0 Å². The van der Waals surface area contributed by atoms with E-state index in [0.29, 0.717) is 0 Å². The van der Waals surface area contributed by atoms with Crippen LogP contribution in [0.1, 0.15) is 13.8 Å². The van der Waals surface area contributed by atoms with E-state index in [9.17, 15) is 14.7 Å². The first-order valence-corrected chi connectivity index (χ1v) is 5.92. The van der Waals surface area contributed by atoms with Crippen LogP contribution in [0.15, 0.2) is 0 Å². The van der Waals surface area contributed by atoms with Crippen LogP contribution < -0.4 is 10.6 Å². The Kier molecular flexibility index (Phi) is 5.67. The van der Waals surface area contributed by atoms with E-state index in [0.717, 1.165) is 0 Å². The maximum Gasteiger partial charge on any atom is 0.217 e. The van der Waals surface area contributed by atoms with Crippen molar-refractivity contribution in [1.29, 1.82) is 0 Å². The highest BCUT2D eigenvalue weighted by atomic mass is 16.7. The molecule has 0 bridgehead atoms. The van der Waals surface area contributed by atoms with E-state index in [2.05, 4.69) is 10.6 Å². The molecule has 19 heavy (non-hydrogen) atoms. The number of carbonyl (C=O) groups excluding carboxylic acids is 2. The van der Waals surface area contributed by atoms with Crippen LogP contribution in [0.25, 0.3) is 0 Å². The zero-order chi connectivity index (χ0) is 14.6. The monoisotopic (exact) mass is 276 g/mol. The summed E-state index contributed by atoms with van der Waals surface area (Å²) in [7, 11) is 1.37. The highest BCUT2D eigenvalue weighted by molar-refractivity contribution is 5.75. The van der Waals surface area contributed by atoms with Gasteiger partial charge in [0.05, 0.1) is 12.6 Å². The molecule has 0 aromatic rings. The quantitative estimate of drug-likeness (QED) is 0.459. The molecule has 1 rings (SSSR count). The lowest BCUT2D eigenvalue weighted by atomic mass is 9.94. The van der Waals surface area contributed by atoms with Gasteiger partial charge in [-0.25, -0.2) is 0 Å². The smallest absolute Gasteiger partial charge is 0.217 e. The van der Waals surface area contributed by atoms with Gasteiger partial charge in [0.15, 0.2) is 6.29 Å². The zero-order valence-electron chi connectivity index (χ0n) is 11.1. The summed E-state index contributed by atoms with van der Waals surface area (Å²) in [5.74, 6) is -0.714. The van der Waals surface area contributed by atoms with Gasteiger partial charge in [-0.2, -0.15) is 0 Å². The molecule has 1 saturated heterocycles. The van der Waals surface area contributed by atoms with Gasteiger partial charge in [0.1, 0.15) is 18.2 Å². The number of amides is 2. The van der Waals surface area contributed by atoms with Gasteiger partial charge in [-0.05, 0) is 0 Å². The van der Waals surface area contributed by atoms with Crippen molar-refractivity contribution >= 4 is 11.8 Å². The lowest BCUT2D eigenvalue weighted by Gasteiger charge is -2.44. The fourth-order valence-corrected chi connectivity index (χ4v) is 2.11. The van der Waals surface area contributed by atoms with Gasteiger partial charge in [-0.15, -0.1) is 0 Å². The summed E-state index contributed by atoms with van der Waals surface area (Å²) >= 11 is 0. The third-order valence-corrected chi connectivity index (χ3v) is 2.89. The summed E-state index contributed by atoms with van der Waals surface area (Å²) in [4.78, 5) is 22.4. The van der Waals surface area contributed by atoms with Crippen LogP contribution in [0.2, 0.25) is 0 Å². The summed E-state index contributed by atoms with van der Waals surface area (Å²) in [6.45, 7) is 2.18. The molecule has 4 N–H and O–H groups in total. The predicted octanol–water partition coefficient (Wildman–Crippen LogP) is -2.28. The SMILES string of the molecule is CO[C@H]1O[C@H](CO)[C@@H](O)[C@H](NC(C)=O)[C@H]1NC(C)=O. The van der Waals surface area contributed by atoms with Crippen LogP contribution in [0.3, 0.4) is 0 Å². The molecule has 110 valence electrons. The second-order valence-electron chi connectivity index (χ2n) is 4.40. The lowest BCUT2D eigenvalue weighted by molar-refractivity contribution is -0.241. The third kappa shape index (κ3) is 3.87. The Morgan fingerprint density at radius 3 is 2.16 bits per heavy atom. The van der Waals surface area contributed by atoms with Crippen molar-refractivity contribution in [3.8, 4) is 0 Å². The number of hydrogen-bond donors (Lipinski definition) is 4. The number of methoxy groups -OCH3 is 1. The fraction of sp³-hybridized carbons (Fsp3) is 0.818. The number of carbonyl (C=O) groups is 2. The van der Waals surface area contributed by atoms with Gasteiger partial charge in [0.25, 0.3) is 0 Å². The summed E-state index contributed by atoms with van der Waals surface area (Å²) in [5.41, 5.74) is 0. The molecule has 1 aliphatic rings. The fourth-order valence-electron chi connectivity index (χ4n) is 2.11. The first kappa shape index (κ1) is 15.8. The Morgan fingerprint density at radius 1 is 1.21 bits per heavy atom. The molecule has 0 aromatic carbocycles. The van der Waals surface area contributed by atoms with E-state index in [-0.39, 0.29) is 11.8 Å². The van der Waals surface area contributed by atoms with Gasteiger partial charge >= 0.3 is 0 Å². The molecule has 0 aliphatic carbocycles. The van der Waals surface area contributed by atoms with Gasteiger partial charge in [-0.3, -0.25) is 9.59 Å². The van der Waals surface area contributed by atoms with Crippen molar-refractivity contribution in [3.05, 3.63) is 0 Å². The van der Waals surface area contributed by atoms with E-state index in [1.807, 2.05) is 0 Å². The molecule has 0 aromatic heterocycles. The van der Waals surface area contributed by atoms with Gasteiger partial charge in [0.2, 0.25) is 11.8 Å². The molecule has 1 aliphatic heterocycles. The molecule has 2 amide bonds. The van der Waals surface area contributed by atoms with Crippen LogP contribution in [-0.4, -0.2) is 66.3 Å². The molecule has 1 fully saturated rings. The molecule has 8 heteroatoms. The third-order valence-electron chi connectivity index (χ3n) is 2.89. The largest absolute Gasteiger partial charge is 0.394 e. The van der Waals surface area contributed by atoms with Crippen LogP contribution in [0.4, 0.5) is 0 Å². The molecule has 0 radical (unpaired) electrons. The van der Waals surface area contributed by atoms with Crippen LogP contribution in [0.5, 0.6) is 0 Å². The Hall–Kier alpha value is -1.22. The Labute approximate surface area is 111 Å². The second kappa shape index (κ2) is 6.80. The van der Waals surface area contributed by atoms with Crippen molar-refractivity contribution in [2.45, 2.75) is 44.4 Å². The van der Waals surface area contributed by atoms with E-state index in [4.69, 9.17) is 14.6 Å². The highest BCUT2D eigenvalue weighted by Crippen LogP contribution is 2.21. The van der Waals surface area contributed by atoms with Crippen LogP contribution in [0, 0.1) is 0 Å². The molecule has 8 nitrogen and oxygen atoms in total. The second-order valence-corrected chi connectivity index (χ2v) is 4.40. The number of rotatable bonds is 4. The number of ether oxygens (including phenoxy) is 2. The predicted molar refractivity (Wildman–Crippen MR) is 64.0 cm³/mol. The van der Waals surface area contributed by atoms with E-state index < -0.39 is 37.2 Å². The minimum Gasteiger partial charge on any atom is -0.394 e. The maximum atomic E-state index is 11.2. The van der Waals surface area contributed by atoms with E-state index >= 15 is 0 Å². The zero-order valence-corrected chi connectivity index (χ0v) is 11.1. The van der Waals surface area contributed by atoms with E-state index in [1.54, 1.807) is 0 Å². The molecule has 1 heterocycles. The molecule has 0 spiro atoms. The summed E-state index contributed by atoms with van der Waals surface area (Å²) in [6, 6.07) is -1.55. The van der Waals surface area contributed by atoms with Gasteiger partial charge in [0, 0.05) is 21.0 Å². The molecular weight excluding hydrogens is 256 g/mol. The van der Waals surface area contributed by atoms with Crippen LogP contribution in [-0.2, 0) is 19.1 Å². The molecule has 0 unspecified atom stereocenters. The topological polar surface area (TPSA) is 117 Å². The summed E-state index contributed by atoms with van der Waals surface area (Å²) in [6.07, 6.45) is -2.93. The molecule has 5 atom stereocenters. The lowest BCUT2D eigenvalue weighted by Crippen LogP contribution is -2.69. The van der Waals surface area contributed by atoms with Crippen molar-refractivity contribution in [3.63, 3.8) is 0 Å². The summed E-state index contributed by atoms with van der Waals surface area (Å²) in [5, 5.41) is 24.3. The average Bonchev–Trinajstić information content (AvgIpc) is 2.33. The van der Waals surface area contributed by atoms with Gasteiger partial charge < -0.3 is 30.3 Å². The minimum atomic E-state index is -1.16. The Morgan fingerprint density at radius 2 is 1.74 bits per heavy atom.